The molecule has 0 radical (unpaired) electrons. The zero-order chi connectivity index (χ0) is 89.1. The Bertz CT molecular complexity index is 6390. The molecule has 16 aromatic rings. The van der Waals surface area contributed by atoms with Gasteiger partial charge in [0.1, 0.15) is 33.1 Å². The number of fused-ring (bicyclic) bond motifs is 4. The lowest BCUT2D eigenvalue weighted by atomic mass is 9.96. The second kappa shape index (κ2) is 41.5. The maximum absolute atomic E-state index is 14.8. The Morgan fingerprint density at radius 1 is 0.360 bits per heavy atom. The maximum Gasteiger partial charge on any atom is 0.338 e. The highest BCUT2D eigenvalue weighted by Crippen LogP contribution is 2.40. The number of aromatic carboxylic acids is 4. The van der Waals surface area contributed by atoms with Gasteiger partial charge in [-0.15, -0.1) is 0 Å². The van der Waals surface area contributed by atoms with Crippen LogP contribution in [0.15, 0.2) is 231 Å². The molecule has 28 heteroatoms. The molecule has 0 atom stereocenters. The summed E-state index contributed by atoms with van der Waals surface area (Å²) in [5, 5.41) is 62.9. The molecule has 0 saturated carbocycles. The normalized spacial score (nSPS) is 11.8. The van der Waals surface area contributed by atoms with Crippen molar-refractivity contribution in [3.05, 3.63) is 293 Å². The minimum absolute atomic E-state index is 0.00847. The van der Waals surface area contributed by atoms with E-state index in [4.69, 9.17) is 20.9 Å². The number of carboxylic acid groups (broad SMARTS) is 4. The van der Waals surface area contributed by atoms with Gasteiger partial charge in [0.15, 0.2) is 23.3 Å². The van der Waals surface area contributed by atoms with Gasteiger partial charge in [-0.3, -0.25) is 4.90 Å². The first-order valence-corrected chi connectivity index (χ1v) is 40.5. The van der Waals surface area contributed by atoms with Gasteiger partial charge in [0.05, 0.1) is 50.7 Å². The predicted molar refractivity (Wildman–Crippen MR) is 477 cm³/mol. The van der Waals surface area contributed by atoms with Crippen molar-refractivity contribution < 1.29 is 66.6 Å². The number of rotatable bonds is 20. The van der Waals surface area contributed by atoms with Gasteiger partial charge in [-0.2, -0.15) is 45.0 Å². The summed E-state index contributed by atoms with van der Waals surface area (Å²) in [5.41, 5.74) is 28.3. The summed E-state index contributed by atoms with van der Waals surface area (Å²) in [7, 11) is 6.60. The van der Waals surface area contributed by atoms with Gasteiger partial charge in [-0.25, -0.2) is 41.7 Å². The molecule has 5 heterocycles. The summed E-state index contributed by atoms with van der Waals surface area (Å²) >= 11 is 0. The fraction of sp³-hybridized carbons (Fsp3) is 0.206. The number of hydrogen-bond acceptors (Lipinski definition) is 16. The molecule has 125 heavy (non-hydrogen) atoms. The topological polar surface area (TPSA) is 333 Å². The predicted octanol–water partition coefficient (Wildman–Crippen LogP) is 19.2. The number of likely N-dealkylation sites (tertiary alicyclic amines) is 1. The first-order chi connectivity index (χ1) is 60.3. The van der Waals surface area contributed by atoms with Crippen LogP contribution in [0.2, 0.25) is 0 Å². The van der Waals surface area contributed by atoms with Crippen LogP contribution in [0.1, 0.15) is 105 Å². The number of imidazole rings is 1. The molecule has 0 spiro atoms. The van der Waals surface area contributed by atoms with Crippen LogP contribution in [0.4, 0.5) is 17.6 Å². The van der Waals surface area contributed by atoms with Crippen LogP contribution in [-0.2, 0) is 57.3 Å². The minimum atomic E-state index is -1.64. The summed E-state index contributed by atoms with van der Waals surface area (Å²) in [6.45, 7) is 15.7. The largest absolute Gasteiger partial charge is 0.478 e. The van der Waals surface area contributed by atoms with Crippen LogP contribution in [0.25, 0.3) is 133 Å². The number of halogens is 4. The van der Waals surface area contributed by atoms with Crippen LogP contribution >= 0.6 is 0 Å². The molecule has 17 rings (SSSR count). The van der Waals surface area contributed by atoms with Gasteiger partial charge >= 0.3 is 23.9 Å². The zero-order valence-corrected chi connectivity index (χ0v) is 70.2. The molecule has 0 amide bonds. The Kier molecular flexibility index (Phi) is 29.9. The fourth-order valence-electron chi connectivity index (χ4n) is 14.8. The Labute approximate surface area is 718 Å². The number of aryl methyl sites for hydroxylation is 4. The number of benzene rings is 12. The van der Waals surface area contributed by atoms with Gasteiger partial charge in [0.2, 0.25) is 0 Å². The van der Waals surface area contributed by atoms with Gasteiger partial charge in [-0.05, 0) is 203 Å². The maximum atomic E-state index is 14.8. The van der Waals surface area contributed by atoms with Crippen molar-refractivity contribution in [2.75, 3.05) is 39.5 Å². The van der Waals surface area contributed by atoms with Crippen LogP contribution in [0.5, 0.6) is 0 Å². The van der Waals surface area contributed by atoms with E-state index in [0.29, 0.717) is 46.2 Å². The summed E-state index contributed by atoms with van der Waals surface area (Å²) in [6, 6.07) is 69.0. The van der Waals surface area contributed by atoms with Gasteiger partial charge < -0.3 is 45.9 Å². The molecule has 640 valence electrons. The lowest BCUT2D eigenvalue weighted by Crippen LogP contribution is -2.29. The molecule has 0 bridgehead atoms. The van der Waals surface area contributed by atoms with E-state index < -0.39 is 63.8 Å². The van der Waals surface area contributed by atoms with Crippen LogP contribution in [0, 0.1) is 23.3 Å². The Hall–Kier alpha value is -14.3. The fourth-order valence-corrected chi connectivity index (χ4v) is 14.8. The smallest absolute Gasteiger partial charge is 0.338 e. The lowest BCUT2D eigenvalue weighted by Gasteiger charge is -2.26. The third kappa shape index (κ3) is 21.3. The minimum Gasteiger partial charge on any atom is -0.478 e. The lowest BCUT2D eigenvalue weighted by molar-refractivity contribution is 0.0688. The monoisotopic (exact) mass is 1690 g/mol. The highest BCUT2D eigenvalue weighted by atomic mass is 19.2. The van der Waals surface area contributed by atoms with E-state index in [1.807, 2.05) is 149 Å². The van der Waals surface area contributed by atoms with Crippen molar-refractivity contribution in [1.82, 2.24) is 59.4 Å². The molecule has 0 aliphatic carbocycles. The average molecular weight is 1690 g/mol. The summed E-state index contributed by atoms with van der Waals surface area (Å²) in [6.07, 6.45) is 5.57. The van der Waals surface area contributed by atoms with Crippen molar-refractivity contribution in [2.24, 2.45) is 39.7 Å². The number of nitrogens with two attached hydrogens (primary N) is 2. The van der Waals surface area contributed by atoms with Crippen molar-refractivity contribution in [3.8, 4) is 89.0 Å². The number of ether oxygens (including phenoxy) is 2. The molecule has 1 fully saturated rings. The summed E-state index contributed by atoms with van der Waals surface area (Å²) in [5.74, 6) is -10.8. The molecule has 1 saturated heterocycles. The van der Waals surface area contributed by atoms with Crippen molar-refractivity contribution in [3.63, 3.8) is 0 Å². The molecule has 0 unspecified atom stereocenters. The van der Waals surface area contributed by atoms with Crippen LogP contribution < -0.4 is 11.5 Å². The van der Waals surface area contributed by atoms with Crippen molar-refractivity contribution in [2.45, 2.75) is 66.6 Å². The molecule has 1 aliphatic rings. The molecule has 8 N–H and O–H groups in total. The number of aromatic nitrogens is 11. The van der Waals surface area contributed by atoms with E-state index in [-0.39, 0.29) is 38.9 Å². The van der Waals surface area contributed by atoms with Crippen molar-refractivity contribution >= 4 is 68.0 Å². The standard InChI is InChI=1S/C26H26N4O2.C22H19N3O2.C21H18N4O2.C20H11F4N3O2.2C4H10O/c1-29-27-24-16-22(15-23(26(31)32)25(24)28-29)20-10-8-19(9-11-20)21-7-5-6-18(14-21)17-30-12-3-2-4-13-30;1-25-13-24-20-11-17(10-19(21(20)25)22(26)27)14-6-8-15(9-7-14)18-5-3-2-4-16(18)12-23;1-25-23-19-11-16(10-18(21(26)27)20(19)24-25)13-6-8-14(9-7-13)17-5-3-2-4-15(17)12-22;1-27-25-12-8-10(7-11(20(28)29)19(12)26-27)14-17(23)15(21)13(16(22)18(14)24)9-5-3-2-4-6-9;2*1-3-5-4-2/h5-11,14-16H,2-4,12-13,17H2,1H3,(H,31,32);2-11,13H,12,23H2,1H3,(H,26,27);2-11H,12,22H2,1H3,(H,26,27);2-8H,1H3,(H,28,29);2*3-4H2,1-2H3. The third-order valence-electron chi connectivity index (χ3n) is 20.8. The van der Waals surface area contributed by atoms with E-state index in [1.54, 1.807) is 56.3 Å². The van der Waals surface area contributed by atoms with Gasteiger partial charge in [-0.1, -0.05) is 176 Å². The highest BCUT2D eigenvalue weighted by molar-refractivity contribution is 6.06. The summed E-state index contributed by atoms with van der Waals surface area (Å²) in [4.78, 5) is 57.3. The number of carbonyl (C=O) groups is 4. The average Bonchev–Trinajstić information content (AvgIpc) is 1.66. The summed E-state index contributed by atoms with van der Waals surface area (Å²) < 4.78 is 70.5. The Balaban J connectivity index is 0.000000146. The van der Waals surface area contributed by atoms with E-state index in [1.165, 1.54) is 84.4 Å². The van der Waals surface area contributed by atoms with E-state index in [2.05, 4.69) is 82.9 Å². The third-order valence-corrected chi connectivity index (χ3v) is 20.8. The van der Waals surface area contributed by atoms with E-state index in [0.717, 1.165) is 122 Å². The van der Waals surface area contributed by atoms with E-state index >= 15 is 0 Å². The number of hydrogen-bond donors (Lipinski definition) is 6. The second-order valence-corrected chi connectivity index (χ2v) is 29.1. The molecule has 4 aromatic heterocycles. The highest BCUT2D eigenvalue weighted by Gasteiger charge is 2.30. The first kappa shape index (κ1) is 90.0. The zero-order valence-electron chi connectivity index (χ0n) is 70.2. The number of piperidine rings is 1. The SMILES string of the molecule is CCOCC.CCOCC.Cn1cnc2cc(-c3ccc(-c4ccccc4CN)cc3)cc(C(=O)O)c21.Cn1nc2cc(-c3c(F)c(F)c(-c4ccccc4)c(F)c3F)cc(C(=O)O)c2n1.Cn1nc2cc(-c3ccc(-c4cccc(CN5CCCCC5)c4)cc3)cc(C(=O)O)c2n1.Cn1nc2cc(-c3ccc(-c4ccccc4CN)cc3)cc(C(=O)O)c2n1. The van der Waals surface area contributed by atoms with Gasteiger partial charge in [0, 0.05) is 74.3 Å². The quantitative estimate of drug-likeness (QED) is 0.0305. The molecular formula is C97H94F4N14O10. The van der Waals surface area contributed by atoms with Crippen LogP contribution in [-0.4, -0.2) is 143 Å². The number of carboxylic acids is 4. The molecule has 1 aliphatic heterocycles. The van der Waals surface area contributed by atoms with Crippen LogP contribution in [0.3, 0.4) is 0 Å². The Morgan fingerprint density at radius 2 is 0.704 bits per heavy atom. The van der Waals surface area contributed by atoms with E-state index in [9.17, 15) is 57.2 Å². The number of nitrogens with zero attached hydrogens (tertiary/aromatic N) is 12. The molecular weight excluding hydrogens is 1600 g/mol. The molecule has 24 nitrogen and oxygen atoms in total. The Morgan fingerprint density at radius 3 is 1.10 bits per heavy atom. The molecule has 12 aromatic carbocycles. The van der Waals surface area contributed by atoms with Crippen molar-refractivity contribution in [1.29, 1.82) is 0 Å². The first-order valence-electron chi connectivity index (χ1n) is 40.5. The van der Waals surface area contributed by atoms with Gasteiger partial charge in [0.25, 0.3) is 0 Å². The second-order valence-electron chi connectivity index (χ2n) is 29.1.